The van der Waals surface area contributed by atoms with Crippen molar-refractivity contribution in [1.29, 1.82) is 0 Å². The molecule has 1 heterocycles. The molecule has 0 aliphatic rings. The summed E-state index contributed by atoms with van der Waals surface area (Å²) in [6.07, 6.45) is 1.25. The van der Waals surface area contributed by atoms with Gasteiger partial charge in [0.1, 0.15) is 0 Å². The molecule has 3 rings (SSSR count). The number of nitrogens with zero attached hydrogens (tertiary/aromatic N) is 5. The Labute approximate surface area is 171 Å². The minimum atomic E-state index is -0.499. The van der Waals surface area contributed by atoms with Gasteiger partial charge in [0.2, 0.25) is 0 Å². The molecule has 0 aliphatic carbocycles. The van der Waals surface area contributed by atoms with E-state index in [-0.39, 0.29) is 17.3 Å². The lowest BCUT2D eigenvalue weighted by atomic mass is 10.2. The number of amides is 1. The molecule has 3 aromatic rings. The lowest BCUT2D eigenvalue weighted by Gasteiger charge is -2.06. The van der Waals surface area contributed by atoms with Crippen LogP contribution in [0.3, 0.4) is 0 Å². The van der Waals surface area contributed by atoms with Gasteiger partial charge in [-0.05, 0) is 13.0 Å². The highest BCUT2D eigenvalue weighted by molar-refractivity contribution is 7.99. The van der Waals surface area contributed by atoms with Crippen molar-refractivity contribution in [2.24, 2.45) is 5.10 Å². The van der Waals surface area contributed by atoms with E-state index in [0.717, 1.165) is 11.4 Å². The minimum Gasteiger partial charge on any atom is -0.302 e. The second-order valence-electron chi connectivity index (χ2n) is 5.81. The first-order valence-corrected chi connectivity index (χ1v) is 9.75. The summed E-state index contributed by atoms with van der Waals surface area (Å²) in [5.41, 5.74) is 3.55. The average Bonchev–Trinajstić information content (AvgIpc) is 3.16. The number of nitro groups is 1. The Hall–Kier alpha value is -3.53. The lowest BCUT2D eigenvalue weighted by Crippen LogP contribution is -2.20. The van der Waals surface area contributed by atoms with Gasteiger partial charge in [-0.2, -0.15) is 5.10 Å². The molecule has 1 N–H and O–H groups in total. The van der Waals surface area contributed by atoms with Gasteiger partial charge in [-0.15, -0.1) is 10.2 Å². The van der Waals surface area contributed by atoms with Crippen LogP contribution in [-0.2, 0) is 11.3 Å². The maximum absolute atomic E-state index is 12.1. The van der Waals surface area contributed by atoms with E-state index >= 15 is 0 Å². The third-order valence-electron chi connectivity index (χ3n) is 3.92. The molecule has 29 heavy (non-hydrogen) atoms. The highest BCUT2D eigenvalue weighted by Gasteiger charge is 2.14. The summed E-state index contributed by atoms with van der Waals surface area (Å²) in [5.74, 6) is 0.475. The summed E-state index contributed by atoms with van der Waals surface area (Å²) in [7, 11) is 0. The zero-order valence-corrected chi connectivity index (χ0v) is 16.4. The van der Waals surface area contributed by atoms with Gasteiger partial charge in [-0.3, -0.25) is 14.9 Å². The standard InChI is InChI=1S/C19H18N6O3S/c1-2-24-18(14-8-4-3-5-9-14)22-23-19(24)29-13-17(26)21-20-12-15-10-6-7-11-16(15)25(27)28/h3-12H,2,13H2,1H3,(H,21,26)/b20-12+. The molecule has 0 bridgehead atoms. The van der Waals surface area contributed by atoms with Crippen LogP contribution in [0.15, 0.2) is 64.9 Å². The summed E-state index contributed by atoms with van der Waals surface area (Å²) in [4.78, 5) is 22.5. The molecule has 0 unspecified atom stereocenters. The van der Waals surface area contributed by atoms with Crippen LogP contribution in [0.2, 0.25) is 0 Å². The van der Waals surface area contributed by atoms with Crippen molar-refractivity contribution in [3.8, 4) is 11.4 Å². The summed E-state index contributed by atoms with van der Waals surface area (Å²) in [6, 6.07) is 15.9. The van der Waals surface area contributed by atoms with Crippen LogP contribution in [0.1, 0.15) is 12.5 Å². The molecule has 0 atom stereocenters. The third-order valence-corrected chi connectivity index (χ3v) is 4.89. The maximum atomic E-state index is 12.1. The third kappa shape index (κ3) is 5.05. The maximum Gasteiger partial charge on any atom is 0.278 e. The molecule has 148 valence electrons. The topological polar surface area (TPSA) is 115 Å². The summed E-state index contributed by atoms with van der Waals surface area (Å²) in [6.45, 7) is 2.65. The van der Waals surface area contributed by atoms with Gasteiger partial charge in [0.05, 0.1) is 22.5 Å². The van der Waals surface area contributed by atoms with Crippen molar-refractivity contribution in [1.82, 2.24) is 20.2 Å². The van der Waals surface area contributed by atoms with Crippen LogP contribution in [0.4, 0.5) is 5.69 Å². The Morgan fingerprint density at radius 1 is 1.21 bits per heavy atom. The number of carbonyl (C=O) groups excluding carboxylic acids is 1. The van der Waals surface area contributed by atoms with Crippen molar-refractivity contribution < 1.29 is 9.72 Å². The fourth-order valence-electron chi connectivity index (χ4n) is 2.58. The Morgan fingerprint density at radius 3 is 2.66 bits per heavy atom. The first kappa shape index (κ1) is 20.2. The van der Waals surface area contributed by atoms with E-state index in [9.17, 15) is 14.9 Å². The molecule has 0 aliphatic heterocycles. The fraction of sp³-hybridized carbons (Fsp3) is 0.158. The monoisotopic (exact) mass is 410 g/mol. The van der Waals surface area contributed by atoms with Crippen molar-refractivity contribution >= 4 is 29.6 Å². The molecule has 0 fully saturated rings. The van der Waals surface area contributed by atoms with E-state index in [2.05, 4.69) is 20.7 Å². The number of nitro benzene ring substituents is 1. The number of thioether (sulfide) groups is 1. The number of rotatable bonds is 8. The van der Waals surface area contributed by atoms with Gasteiger partial charge < -0.3 is 4.57 Å². The number of hydrogen-bond donors (Lipinski definition) is 1. The molecule has 9 nitrogen and oxygen atoms in total. The molecule has 2 aromatic carbocycles. The smallest absolute Gasteiger partial charge is 0.278 e. The SMILES string of the molecule is CCn1c(SCC(=O)N/N=C/c2ccccc2[N+](=O)[O-])nnc1-c1ccccc1. The van der Waals surface area contributed by atoms with E-state index in [0.29, 0.717) is 17.3 Å². The lowest BCUT2D eigenvalue weighted by molar-refractivity contribution is -0.385. The predicted molar refractivity (Wildman–Crippen MR) is 111 cm³/mol. The summed E-state index contributed by atoms with van der Waals surface area (Å²) >= 11 is 1.24. The Kier molecular flexibility index (Phi) is 6.69. The van der Waals surface area contributed by atoms with Gasteiger partial charge in [-0.1, -0.05) is 54.2 Å². The zero-order valence-electron chi connectivity index (χ0n) is 15.6. The van der Waals surface area contributed by atoms with Gasteiger partial charge in [0.25, 0.3) is 11.6 Å². The highest BCUT2D eigenvalue weighted by atomic mass is 32.2. The summed E-state index contributed by atoms with van der Waals surface area (Å²) in [5, 5.41) is 23.8. The van der Waals surface area contributed by atoms with Crippen LogP contribution in [-0.4, -0.2) is 37.6 Å². The first-order valence-electron chi connectivity index (χ1n) is 8.77. The van der Waals surface area contributed by atoms with Crippen molar-refractivity contribution in [3.63, 3.8) is 0 Å². The van der Waals surface area contributed by atoms with E-state index in [1.807, 2.05) is 41.8 Å². The van der Waals surface area contributed by atoms with Gasteiger partial charge in [0.15, 0.2) is 11.0 Å². The Bertz CT molecular complexity index is 1040. The number of benzene rings is 2. The minimum absolute atomic E-state index is 0.0793. The van der Waals surface area contributed by atoms with E-state index in [1.54, 1.807) is 18.2 Å². The van der Waals surface area contributed by atoms with Gasteiger partial charge in [-0.25, -0.2) is 5.43 Å². The van der Waals surface area contributed by atoms with Crippen LogP contribution in [0, 0.1) is 10.1 Å². The number of nitrogens with one attached hydrogen (secondary N) is 1. The number of hydrazone groups is 1. The molecular weight excluding hydrogens is 392 g/mol. The average molecular weight is 410 g/mol. The zero-order chi connectivity index (χ0) is 20.6. The van der Waals surface area contributed by atoms with Crippen LogP contribution >= 0.6 is 11.8 Å². The number of hydrogen-bond acceptors (Lipinski definition) is 7. The van der Waals surface area contributed by atoms with E-state index in [1.165, 1.54) is 24.0 Å². The van der Waals surface area contributed by atoms with Crippen LogP contribution < -0.4 is 5.43 Å². The van der Waals surface area contributed by atoms with Crippen molar-refractivity contribution in [2.45, 2.75) is 18.6 Å². The number of aromatic nitrogens is 3. The molecule has 10 heteroatoms. The van der Waals surface area contributed by atoms with Crippen molar-refractivity contribution in [3.05, 3.63) is 70.3 Å². The second kappa shape index (κ2) is 9.60. The number of para-hydroxylation sites is 1. The molecule has 0 radical (unpaired) electrons. The Balaban J connectivity index is 1.60. The first-order chi connectivity index (χ1) is 14.1. The van der Waals surface area contributed by atoms with Crippen LogP contribution in [0.5, 0.6) is 0 Å². The van der Waals surface area contributed by atoms with E-state index in [4.69, 9.17) is 0 Å². The second-order valence-corrected chi connectivity index (χ2v) is 6.76. The fourth-order valence-corrected chi connectivity index (χ4v) is 3.38. The molecular formula is C19H18N6O3S. The Morgan fingerprint density at radius 2 is 1.93 bits per heavy atom. The van der Waals surface area contributed by atoms with E-state index < -0.39 is 4.92 Å². The molecule has 0 saturated carbocycles. The predicted octanol–water partition coefficient (Wildman–Crippen LogP) is 3.12. The molecule has 1 amide bonds. The normalized spacial score (nSPS) is 10.9. The van der Waals surface area contributed by atoms with Gasteiger partial charge in [0, 0.05) is 18.2 Å². The highest BCUT2D eigenvalue weighted by Crippen LogP contribution is 2.23. The molecule has 0 saturated heterocycles. The van der Waals surface area contributed by atoms with Crippen LogP contribution in [0.25, 0.3) is 11.4 Å². The quantitative estimate of drug-likeness (QED) is 0.264. The van der Waals surface area contributed by atoms with Gasteiger partial charge >= 0.3 is 0 Å². The number of carbonyl (C=O) groups is 1. The largest absolute Gasteiger partial charge is 0.302 e. The van der Waals surface area contributed by atoms with Crippen molar-refractivity contribution in [2.75, 3.05) is 5.75 Å². The molecule has 0 spiro atoms. The summed E-state index contributed by atoms with van der Waals surface area (Å²) < 4.78 is 1.93. The molecule has 1 aromatic heterocycles.